The topological polar surface area (TPSA) is 49.3 Å². The average molecular weight is 221 g/mol. The predicted molar refractivity (Wildman–Crippen MR) is 65.2 cm³/mol. The van der Waals surface area contributed by atoms with Gasteiger partial charge in [-0.2, -0.15) is 0 Å². The summed E-state index contributed by atoms with van der Waals surface area (Å²) in [5, 5.41) is 12.3. The standard InChI is InChI=1S/C13H19NO2/c1-9(15)10-6-5-7-11(8-10)14-12(16)13(2,3)4/h5-9,15H,1-4H3,(H,14,16). The van der Waals surface area contributed by atoms with Gasteiger partial charge in [0.25, 0.3) is 0 Å². The van der Waals surface area contributed by atoms with Crippen molar-refractivity contribution >= 4 is 11.6 Å². The number of aliphatic hydroxyl groups excluding tert-OH is 1. The van der Waals surface area contributed by atoms with Crippen LogP contribution in [0.3, 0.4) is 0 Å². The molecule has 1 amide bonds. The summed E-state index contributed by atoms with van der Waals surface area (Å²) in [6, 6.07) is 7.25. The molecule has 1 unspecified atom stereocenters. The molecule has 0 saturated heterocycles. The van der Waals surface area contributed by atoms with Gasteiger partial charge in [0.2, 0.25) is 5.91 Å². The first-order valence-corrected chi connectivity index (χ1v) is 5.40. The molecule has 0 aromatic heterocycles. The normalized spacial score (nSPS) is 13.3. The summed E-state index contributed by atoms with van der Waals surface area (Å²) in [6.07, 6.45) is -0.522. The Bertz CT molecular complexity index is 378. The monoisotopic (exact) mass is 221 g/mol. The van der Waals surface area contributed by atoms with Gasteiger partial charge in [0.05, 0.1) is 6.10 Å². The second-order valence-electron chi connectivity index (χ2n) is 5.01. The minimum atomic E-state index is -0.522. The van der Waals surface area contributed by atoms with Crippen molar-refractivity contribution in [2.75, 3.05) is 5.32 Å². The predicted octanol–water partition coefficient (Wildman–Crippen LogP) is 2.72. The summed E-state index contributed by atoms with van der Waals surface area (Å²) in [5.41, 5.74) is 1.10. The van der Waals surface area contributed by atoms with Gasteiger partial charge >= 0.3 is 0 Å². The summed E-state index contributed by atoms with van der Waals surface area (Å²) in [5.74, 6) is -0.0322. The van der Waals surface area contributed by atoms with Crippen LogP contribution >= 0.6 is 0 Å². The van der Waals surface area contributed by atoms with E-state index >= 15 is 0 Å². The lowest BCUT2D eigenvalue weighted by molar-refractivity contribution is -0.123. The van der Waals surface area contributed by atoms with Crippen molar-refractivity contribution in [1.82, 2.24) is 0 Å². The highest BCUT2D eigenvalue weighted by Crippen LogP contribution is 2.20. The van der Waals surface area contributed by atoms with Crippen LogP contribution in [0.15, 0.2) is 24.3 Å². The van der Waals surface area contributed by atoms with Crippen LogP contribution in [0.5, 0.6) is 0 Å². The molecule has 3 heteroatoms. The van der Waals surface area contributed by atoms with Crippen molar-refractivity contribution < 1.29 is 9.90 Å². The molecule has 3 nitrogen and oxygen atoms in total. The zero-order chi connectivity index (χ0) is 12.3. The van der Waals surface area contributed by atoms with E-state index in [0.717, 1.165) is 11.3 Å². The number of anilines is 1. The third-order valence-electron chi connectivity index (χ3n) is 2.31. The summed E-state index contributed by atoms with van der Waals surface area (Å²) in [4.78, 5) is 11.7. The maximum atomic E-state index is 11.7. The fraction of sp³-hybridized carbons (Fsp3) is 0.462. The molecule has 0 aliphatic heterocycles. The van der Waals surface area contributed by atoms with E-state index in [2.05, 4.69) is 5.32 Å². The zero-order valence-corrected chi connectivity index (χ0v) is 10.2. The number of carbonyl (C=O) groups excluding carboxylic acids is 1. The number of nitrogens with one attached hydrogen (secondary N) is 1. The van der Waals surface area contributed by atoms with E-state index in [1.807, 2.05) is 39.0 Å². The van der Waals surface area contributed by atoms with Crippen LogP contribution in [0.1, 0.15) is 39.4 Å². The molecule has 0 aliphatic carbocycles. The van der Waals surface area contributed by atoms with E-state index in [9.17, 15) is 9.90 Å². The molecular formula is C13H19NO2. The Morgan fingerprint density at radius 1 is 1.38 bits per heavy atom. The van der Waals surface area contributed by atoms with Crippen LogP contribution in [-0.4, -0.2) is 11.0 Å². The largest absolute Gasteiger partial charge is 0.389 e. The van der Waals surface area contributed by atoms with E-state index in [-0.39, 0.29) is 5.91 Å². The van der Waals surface area contributed by atoms with E-state index in [1.165, 1.54) is 0 Å². The number of aliphatic hydroxyl groups is 1. The van der Waals surface area contributed by atoms with Crippen molar-refractivity contribution in [1.29, 1.82) is 0 Å². The quantitative estimate of drug-likeness (QED) is 0.806. The van der Waals surface area contributed by atoms with Crippen molar-refractivity contribution in [3.63, 3.8) is 0 Å². The molecule has 1 aromatic rings. The Labute approximate surface area is 96.5 Å². The molecule has 0 heterocycles. The minimum absolute atomic E-state index is 0.0322. The minimum Gasteiger partial charge on any atom is -0.389 e. The molecule has 0 saturated carbocycles. The Morgan fingerprint density at radius 3 is 2.50 bits per heavy atom. The molecule has 0 fully saturated rings. The van der Waals surface area contributed by atoms with Gasteiger partial charge in [0.15, 0.2) is 0 Å². The van der Waals surface area contributed by atoms with Crippen LogP contribution in [0, 0.1) is 5.41 Å². The van der Waals surface area contributed by atoms with Gasteiger partial charge in [-0.05, 0) is 24.6 Å². The van der Waals surface area contributed by atoms with E-state index < -0.39 is 11.5 Å². The lowest BCUT2D eigenvalue weighted by Crippen LogP contribution is -2.27. The van der Waals surface area contributed by atoms with Crippen LogP contribution in [0.4, 0.5) is 5.69 Å². The molecule has 0 radical (unpaired) electrons. The molecular weight excluding hydrogens is 202 g/mol. The van der Waals surface area contributed by atoms with E-state index in [4.69, 9.17) is 0 Å². The summed E-state index contributed by atoms with van der Waals surface area (Å²) in [6.45, 7) is 7.28. The van der Waals surface area contributed by atoms with E-state index in [1.54, 1.807) is 13.0 Å². The van der Waals surface area contributed by atoms with Crippen molar-refractivity contribution in [3.05, 3.63) is 29.8 Å². The number of hydrogen-bond donors (Lipinski definition) is 2. The Hall–Kier alpha value is -1.35. The number of amides is 1. The third-order valence-corrected chi connectivity index (χ3v) is 2.31. The molecule has 0 spiro atoms. The molecule has 1 atom stereocenters. The average Bonchev–Trinajstić information content (AvgIpc) is 2.16. The first-order chi connectivity index (χ1) is 7.30. The zero-order valence-electron chi connectivity index (χ0n) is 10.2. The highest BCUT2D eigenvalue weighted by molar-refractivity contribution is 5.94. The van der Waals surface area contributed by atoms with Gasteiger partial charge in [-0.3, -0.25) is 4.79 Å². The smallest absolute Gasteiger partial charge is 0.229 e. The Kier molecular flexibility index (Phi) is 3.70. The second-order valence-corrected chi connectivity index (χ2v) is 5.01. The molecule has 1 aromatic carbocycles. The van der Waals surface area contributed by atoms with Crippen LogP contribution in [0.25, 0.3) is 0 Å². The van der Waals surface area contributed by atoms with Crippen LogP contribution in [-0.2, 0) is 4.79 Å². The summed E-state index contributed by atoms with van der Waals surface area (Å²) >= 11 is 0. The number of benzene rings is 1. The van der Waals surface area contributed by atoms with Gasteiger partial charge < -0.3 is 10.4 Å². The number of carbonyl (C=O) groups is 1. The first kappa shape index (κ1) is 12.7. The Morgan fingerprint density at radius 2 is 2.00 bits per heavy atom. The molecule has 0 aliphatic rings. The van der Waals surface area contributed by atoms with E-state index in [0.29, 0.717) is 0 Å². The lowest BCUT2D eigenvalue weighted by atomic mass is 9.95. The van der Waals surface area contributed by atoms with Gasteiger partial charge in [0.1, 0.15) is 0 Å². The fourth-order valence-electron chi connectivity index (χ4n) is 1.19. The van der Waals surface area contributed by atoms with Crippen LogP contribution < -0.4 is 5.32 Å². The molecule has 16 heavy (non-hydrogen) atoms. The third kappa shape index (κ3) is 3.35. The van der Waals surface area contributed by atoms with Crippen molar-refractivity contribution in [2.45, 2.75) is 33.8 Å². The van der Waals surface area contributed by atoms with Crippen molar-refractivity contribution in [2.24, 2.45) is 5.41 Å². The fourth-order valence-corrected chi connectivity index (χ4v) is 1.19. The molecule has 0 bridgehead atoms. The second kappa shape index (κ2) is 4.66. The Balaban J connectivity index is 2.83. The summed E-state index contributed by atoms with van der Waals surface area (Å²) < 4.78 is 0. The van der Waals surface area contributed by atoms with Crippen LogP contribution in [0.2, 0.25) is 0 Å². The maximum Gasteiger partial charge on any atom is 0.229 e. The number of rotatable bonds is 2. The lowest BCUT2D eigenvalue weighted by Gasteiger charge is -2.18. The SMILES string of the molecule is CC(O)c1cccc(NC(=O)C(C)(C)C)c1. The molecule has 88 valence electrons. The van der Waals surface area contributed by atoms with Gasteiger partial charge in [-0.15, -0.1) is 0 Å². The first-order valence-electron chi connectivity index (χ1n) is 5.40. The van der Waals surface area contributed by atoms with Gasteiger partial charge in [0, 0.05) is 11.1 Å². The maximum absolute atomic E-state index is 11.7. The summed E-state index contributed by atoms with van der Waals surface area (Å²) in [7, 11) is 0. The number of hydrogen-bond acceptors (Lipinski definition) is 2. The highest BCUT2D eigenvalue weighted by atomic mass is 16.3. The molecule has 2 N–H and O–H groups in total. The van der Waals surface area contributed by atoms with Crippen molar-refractivity contribution in [3.8, 4) is 0 Å². The molecule has 1 rings (SSSR count). The van der Waals surface area contributed by atoms with Gasteiger partial charge in [-0.25, -0.2) is 0 Å². The van der Waals surface area contributed by atoms with Gasteiger partial charge in [-0.1, -0.05) is 32.9 Å². The highest BCUT2D eigenvalue weighted by Gasteiger charge is 2.21.